The maximum absolute atomic E-state index is 11.7. The molecular formula is C22H19ClO4. The van der Waals surface area contributed by atoms with Gasteiger partial charge in [0.1, 0.15) is 11.5 Å². The molecule has 3 aromatic carbocycles. The van der Waals surface area contributed by atoms with E-state index < -0.39 is 12.1 Å². The fraction of sp³-hybridized carbons (Fsp3) is 0.136. The molecule has 5 heteroatoms. The maximum atomic E-state index is 11.7. The lowest BCUT2D eigenvalue weighted by atomic mass is 10.1. The van der Waals surface area contributed by atoms with Crippen molar-refractivity contribution in [2.45, 2.75) is 19.1 Å². The Morgan fingerprint density at radius 1 is 0.963 bits per heavy atom. The lowest BCUT2D eigenvalue weighted by molar-refractivity contribution is -0.151. The fourth-order valence-electron chi connectivity index (χ4n) is 2.61. The Morgan fingerprint density at radius 2 is 1.63 bits per heavy atom. The highest BCUT2D eigenvalue weighted by molar-refractivity contribution is 6.30. The van der Waals surface area contributed by atoms with E-state index in [0.717, 1.165) is 5.56 Å². The molecule has 0 amide bonds. The molecule has 3 aromatic rings. The van der Waals surface area contributed by atoms with E-state index in [1.165, 1.54) is 0 Å². The Kier molecular flexibility index (Phi) is 6.47. The molecule has 138 valence electrons. The van der Waals surface area contributed by atoms with Gasteiger partial charge in [0.15, 0.2) is 6.10 Å². The van der Waals surface area contributed by atoms with E-state index in [0.29, 0.717) is 22.1 Å². The molecule has 0 saturated heterocycles. The highest BCUT2D eigenvalue weighted by atomic mass is 35.5. The number of ether oxygens (including phenoxy) is 2. The summed E-state index contributed by atoms with van der Waals surface area (Å²) in [5.74, 6) is 0.190. The Morgan fingerprint density at radius 3 is 2.30 bits per heavy atom. The molecule has 0 bridgehead atoms. The van der Waals surface area contributed by atoms with Crippen molar-refractivity contribution in [2.75, 3.05) is 0 Å². The lowest BCUT2D eigenvalue weighted by Gasteiger charge is -2.17. The molecule has 1 N–H and O–H groups in total. The monoisotopic (exact) mass is 382 g/mol. The zero-order valence-corrected chi connectivity index (χ0v) is 15.3. The second-order valence-electron chi connectivity index (χ2n) is 5.99. The molecule has 0 saturated carbocycles. The van der Waals surface area contributed by atoms with Gasteiger partial charge in [-0.05, 0) is 41.5 Å². The summed E-state index contributed by atoms with van der Waals surface area (Å²) in [6.45, 7) is 0.216. The molecule has 0 spiro atoms. The van der Waals surface area contributed by atoms with Crippen LogP contribution in [0, 0.1) is 0 Å². The summed E-state index contributed by atoms with van der Waals surface area (Å²) >= 11 is 6.11. The van der Waals surface area contributed by atoms with Crippen LogP contribution in [-0.4, -0.2) is 17.2 Å². The van der Waals surface area contributed by atoms with Crippen molar-refractivity contribution >= 4 is 17.6 Å². The molecule has 3 rings (SSSR count). The number of aliphatic carboxylic acids is 1. The summed E-state index contributed by atoms with van der Waals surface area (Å²) in [5, 5.41) is 10.1. The van der Waals surface area contributed by atoms with Crippen LogP contribution in [0.2, 0.25) is 5.02 Å². The third-order valence-electron chi connectivity index (χ3n) is 3.97. The Hall–Kier alpha value is -2.82. The second kappa shape index (κ2) is 9.21. The van der Waals surface area contributed by atoms with Crippen molar-refractivity contribution in [1.29, 1.82) is 0 Å². The minimum Gasteiger partial charge on any atom is -0.479 e. The van der Waals surface area contributed by atoms with Crippen LogP contribution in [-0.2, 0) is 22.6 Å². The first-order valence-corrected chi connectivity index (χ1v) is 8.89. The number of hydrogen-bond donors (Lipinski definition) is 1. The standard InChI is InChI=1S/C22H19ClO4/c23-18-11-12-20(27-19-9-5-2-6-10-19)17(13-18)14-21(22(24)25)26-15-16-7-3-1-4-8-16/h1-13,21H,14-15H2,(H,24,25). The van der Waals surface area contributed by atoms with E-state index in [9.17, 15) is 9.90 Å². The van der Waals surface area contributed by atoms with Gasteiger partial charge in [-0.25, -0.2) is 4.79 Å². The van der Waals surface area contributed by atoms with Gasteiger partial charge < -0.3 is 14.6 Å². The van der Waals surface area contributed by atoms with Gasteiger partial charge in [0, 0.05) is 11.4 Å². The van der Waals surface area contributed by atoms with Gasteiger partial charge >= 0.3 is 5.97 Å². The highest BCUT2D eigenvalue weighted by Crippen LogP contribution is 2.29. The Bertz CT molecular complexity index is 881. The lowest BCUT2D eigenvalue weighted by Crippen LogP contribution is -2.26. The molecule has 0 radical (unpaired) electrons. The molecule has 4 nitrogen and oxygen atoms in total. The summed E-state index contributed by atoms with van der Waals surface area (Å²) in [6.07, 6.45) is -0.868. The van der Waals surface area contributed by atoms with Crippen LogP contribution in [0.5, 0.6) is 11.5 Å². The van der Waals surface area contributed by atoms with Crippen LogP contribution in [0.1, 0.15) is 11.1 Å². The van der Waals surface area contributed by atoms with Gasteiger partial charge in [0.25, 0.3) is 0 Å². The first kappa shape index (κ1) is 19.0. The van der Waals surface area contributed by atoms with Crippen molar-refractivity contribution < 1.29 is 19.4 Å². The topological polar surface area (TPSA) is 55.8 Å². The average molecular weight is 383 g/mol. The third kappa shape index (κ3) is 5.58. The van der Waals surface area contributed by atoms with Gasteiger partial charge in [0.05, 0.1) is 6.61 Å². The molecule has 27 heavy (non-hydrogen) atoms. The average Bonchev–Trinajstić information content (AvgIpc) is 2.68. The van der Waals surface area contributed by atoms with E-state index in [1.54, 1.807) is 18.2 Å². The number of carboxylic acid groups (broad SMARTS) is 1. The molecule has 1 atom stereocenters. The first-order chi connectivity index (χ1) is 13.1. The summed E-state index contributed by atoms with van der Waals surface area (Å²) in [4.78, 5) is 11.7. The summed E-state index contributed by atoms with van der Waals surface area (Å²) in [7, 11) is 0. The Balaban J connectivity index is 1.76. The van der Waals surface area contributed by atoms with E-state index in [4.69, 9.17) is 21.1 Å². The van der Waals surface area contributed by atoms with Gasteiger partial charge in [0.2, 0.25) is 0 Å². The smallest absolute Gasteiger partial charge is 0.333 e. The van der Waals surface area contributed by atoms with Crippen LogP contribution in [0.25, 0.3) is 0 Å². The van der Waals surface area contributed by atoms with Crippen LogP contribution in [0.4, 0.5) is 0 Å². The number of para-hydroxylation sites is 1. The molecule has 1 unspecified atom stereocenters. The normalized spacial score (nSPS) is 11.7. The largest absolute Gasteiger partial charge is 0.479 e. The van der Waals surface area contributed by atoms with Gasteiger partial charge in [-0.3, -0.25) is 0 Å². The third-order valence-corrected chi connectivity index (χ3v) is 4.20. The zero-order chi connectivity index (χ0) is 19.1. The van der Waals surface area contributed by atoms with Crippen LogP contribution >= 0.6 is 11.6 Å². The van der Waals surface area contributed by atoms with Crippen molar-refractivity contribution in [3.63, 3.8) is 0 Å². The number of rotatable bonds is 8. The predicted octanol–water partition coefficient (Wildman–Crippen LogP) is 5.34. The predicted molar refractivity (Wildman–Crippen MR) is 104 cm³/mol. The van der Waals surface area contributed by atoms with Gasteiger partial charge in [-0.15, -0.1) is 0 Å². The van der Waals surface area contributed by atoms with Crippen molar-refractivity contribution in [3.05, 3.63) is 95.0 Å². The Labute approximate surface area is 162 Å². The maximum Gasteiger partial charge on any atom is 0.333 e. The number of halogens is 1. The summed E-state index contributed by atoms with van der Waals surface area (Å²) < 4.78 is 11.5. The molecular weight excluding hydrogens is 364 g/mol. The summed E-state index contributed by atoms with van der Waals surface area (Å²) in [6, 6.07) is 23.9. The molecule has 0 fully saturated rings. The van der Waals surface area contributed by atoms with E-state index in [2.05, 4.69) is 0 Å². The van der Waals surface area contributed by atoms with Crippen molar-refractivity contribution in [3.8, 4) is 11.5 Å². The second-order valence-corrected chi connectivity index (χ2v) is 6.43. The minimum atomic E-state index is -1.03. The molecule has 0 aromatic heterocycles. The summed E-state index contributed by atoms with van der Waals surface area (Å²) in [5.41, 5.74) is 1.59. The number of hydrogen-bond acceptors (Lipinski definition) is 3. The van der Waals surface area contributed by atoms with Crippen molar-refractivity contribution in [1.82, 2.24) is 0 Å². The SMILES string of the molecule is O=C(O)C(Cc1cc(Cl)ccc1Oc1ccccc1)OCc1ccccc1. The zero-order valence-electron chi connectivity index (χ0n) is 14.5. The van der Waals surface area contributed by atoms with E-state index in [1.807, 2.05) is 60.7 Å². The molecule has 0 aliphatic rings. The fourth-order valence-corrected chi connectivity index (χ4v) is 2.81. The van der Waals surface area contributed by atoms with Gasteiger partial charge in [-0.2, -0.15) is 0 Å². The van der Waals surface area contributed by atoms with Crippen molar-refractivity contribution in [2.24, 2.45) is 0 Å². The van der Waals surface area contributed by atoms with E-state index >= 15 is 0 Å². The number of carbonyl (C=O) groups is 1. The minimum absolute atomic E-state index is 0.144. The van der Waals surface area contributed by atoms with Crippen LogP contribution in [0.15, 0.2) is 78.9 Å². The quantitative estimate of drug-likeness (QED) is 0.571. The van der Waals surface area contributed by atoms with Crippen LogP contribution in [0.3, 0.4) is 0 Å². The van der Waals surface area contributed by atoms with E-state index in [-0.39, 0.29) is 13.0 Å². The molecule has 0 heterocycles. The molecule has 0 aliphatic heterocycles. The van der Waals surface area contributed by atoms with Gasteiger partial charge in [-0.1, -0.05) is 60.1 Å². The van der Waals surface area contributed by atoms with Crippen LogP contribution < -0.4 is 4.74 Å². The number of carboxylic acids is 1. The highest BCUT2D eigenvalue weighted by Gasteiger charge is 2.21. The first-order valence-electron chi connectivity index (χ1n) is 8.51. The molecule has 0 aliphatic carbocycles. The number of benzene rings is 3.